The molecule has 1 unspecified atom stereocenters. The maximum absolute atomic E-state index is 14.5. The van der Waals surface area contributed by atoms with Gasteiger partial charge in [-0.25, -0.2) is 13.6 Å². The van der Waals surface area contributed by atoms with Crippen LogP contribution in [0.2, 0.25) is 0 Å². The van der Waals surface area contributed by atoms with Crippen molar-refractivity contribution in [3.63, 3.8) is 0 Å². The summed E-state index contributed by atoms with van der Waals surface area (Å²) in [6, 6.07) is 12.3. The number of fused-ring (bicyclic) bond motifs is 7. The van der Waals surface area contributed by atoms with E-state index in [2.05, 4.69) is 0 Å². The monoisotopic (exact) mass is 324 g/mol. The van der Waals surface area contributed by atoms with Crippen molar-refractivity contribution < 1.29 is 27.4 Å². The van der Waals surface area contributed by atoms with E-state index in [9.17, 15) is 13.6 Å². The molecule has 5 rings (SSSR count). The lowest BCUT2D eigenvalue weighted by Gasteiger charge is -2.12. The number of hydrogen-bond donors (Lipinski definition) is 0. The number of ether oxygens (including phenoxy) is 1. The molecule has 1 atom stereocenters. The Bertz CT molecular complexity index is 1050. The molecule has 0 aliphatic carbocycles. The second kappa shape index (κ2) is 4.23. The number of halogens is 2. The van der Waals surface area contributed by atoms with E-state index in [1.54, 1.807) is 57.9 Å². The average Bonchev–Trinajstić information content (AvgIpc) is 3.03. The minimum absolute atomic E-state index is 0.231. The van der Waals surface area contributed by atoms with E-state index in [0.717, 1.165) is 6.07 Å². The van der Waals surface area contributed by atoms with Crippen LogP contribution in [0.3, 0.4) is 0 Å². The summed E-state index contributed by atoms with van der Waals surface area (Å²) in [7, 11) is 0. The number of carbonyl (C=O) groups excluding carboxylic acids is 1. The third kappa shape index (κ3) is 1.39. The van der Waals surface area contributed by atoms with E-state index in [4.69, 9.17) is 4.74 Å². The van der Waals surface area contributed by atoms with Crippen LogP contribution in [0.5, 0.6) is 0 Å². The molecular weight excluding hydrogens is 314 g/mol. The van der Waals surface area contributed by atoms with Crippen molar-refractivity contribution >= 4 is 5.97 Å². The molecule has 2 aliphatic rings. The number of carbonyl (C=O) groups is 1. The molecule has 4 heterocycles. The normalized spacial score (nSPS) is 19.8. The summed E-state index contributed by atoms with van der Waals surface area (Å²) in [5, 5.41) is 0. The van der Waals surface area contributed by atoms with Crippen molar-refractivity contribution in [2.24, 2.45) is 0 Å². The van der Waals surface area contributed by atoms with Crippen LogP contribution in [0.15, 0.2) is 60.9 Å². The van der Waals surface area contributed by atoms with Crippen LogP contribution in [0.1, 0.15) is 16.1 Å². The second-order valence-electron chi connectivity index (χ2n) is 5.72. The number of aromatic nitrogens is 2. The van der Waals surface area contributed by atoms with Crippen molar-refractivity contribution in [3.05, 3.63) is 83.8 Å². The molecule has 0 bridgehead atoms. The van der Waals surface area contributed by atoms with Gasteiger partial charge in [0.05, 0.1) is 0 Å². The standard InChI is InChI=1S/C18H10F2N2O2/c19-11-9-12-16(13(20)10-11)14-5-1-3-7-21(14)18(12)22-8-4-2-6-15(22)17(23)24-18/h1-10H/q+2. The minimum atomic E-state index is -1.46. The molecule has 0 radical (unpaired) electrons. The first-order chi connectivity index (χ1) is 11.6. The summed E-state index contributed by atoms with van der Waals surface area (Å²) in [5.74, 6) is -3.42. The third-order valence-corrected chi connectivity index (χ3v) is 4.48. The molecule has 0 N–H and O–H groups in total. The van der Waals surface area contributed by atoms with Gasteiger partial charge in [0.15, 0.2) is 18.0 Å². The van der Waals surface area contributed by atoms with Crippen LogP contribution in [-0.2, 0) is 10.6 Å². The summed E-state index contributed by atoms with van der Waals surface area (Å²) in [4.78, 5) is 12.4. The van der Waals surface area contributed by atoms with Crippen molar-refractivity contribution in [2.75, 3.05) is 0 Å². The van der Waals surface area contributed by atoms with Gasteiger partial charge in [-0.3, -0.25) is 0 Å². The molecule has 0 saturated heterocycles. The van der Waals surface area contributed by atoms with E-state index in [-0.39, 0.29) is 11.1 Å². The molecule has 0 amide bonds. The van der Waals surface area contributed by atoms with Gasteiger partial charge in [0, 0.05) is 30.3 Å². The van der Waals surface area contributed by atoms with Gasteiger partial charge >= 0.3 is 17.5 Å². The topological polar surface area (TPSA) is 34.1 Å². The van der Waals surface area contributed by atoms with Gasteiger partial charge in [0.25, 0.3) is 0 Å². The van der Waals surface area contributed by atoms with Gasteiger partial charge in [-0.1, -0.05) is 9.13 Å². The molecular formula is C18H10F2N2O2+2. The highest BCUT2D eigenvalue weighted by molar-refractivity contribution is 5.87. The average molecular weight is 324 g/mol. The van der Waals surface area contributed by atoms with Crippen molar-refractivity contribution in [1.82, 2.24) is 0 Å². The molecule has 4 nitrogen and oxygen atoms in total. The molecule has 2 aliphatic heterocycles. The summed E-state index contributed by atoms with van der Waals surface area (Å²) >= 11 is 0. The molecule has 3 aromatic rings. The first kappa shape index (κ1) is 13.3. The molecule has 0 fully saturated rings. The molecule has 6 heteroatoms. The van der Waals surface area contributed by atoms with Crippen LogP contribution >= 0.6 is 0 Å². The number of hydrogen-bond acceptors (Lipinski definition) is 2. The van der Waals surface area contributed by atoms with Gasteiger partial charge in [0.1, 0.15) is 17.2 Å². The highest BCUT2D eigenvalue weighted by Crippen LogP contribution is 2.40. The zero-order valence-corrected chi connectivity index (χ0v) is 12.2. The summed E-state index contributed by atoms with van der Waals surface area (Å²) < 4.78 is 37.4. The highest BCUT2D eigenvalue weighted by Gasteiger charge is 2.70. The Labute approximate surface area is 135 Å². The van der Waals surface area contributed by atoms with E-state index >= 15 is 0 Å². The maximum Gasteiger partial charge on any atom is 0.558 e. The number of benzene rings is 1. The fourth-order valence-electron chi connectivity index (χ4n) is 3.59. The Morgan fingerprint density at radius 2 is 1.58 bits per heavy atom. The first-order valence-corrected chi connectivity index (χ1v) is 7.38. The summed E-state index contributed by atoms with van der Waals surface area (Å²) in [5.41, 5.74) is 1.32. The van der Waals surface area contributed by atoms with E-state index < -0.39 is 23.5 Å². The molecule has 0 saturated carbocycles. The van der Waals surface area contributed by atoms with Gasteiger partial charge in [0.2, 0.25) is 5.69 Å². The smallest absolute Gasteiger partial charge is 0.331 e. The largest absolute Gasteiger partial charge is 0.558 e. The number of esters is 1. The Morgan fingerprint density at radius 1 is 0.917 bits per heavy atom. The molecule has 24 heavy (non-hydrogen) atoms. The van der Waals surface area contributed by atoms with Crippen molar-refractivity contribution in [2.45, 2.75) is 5.85 Å². The van der Waals surface area contributed by atoms with Gasteiger partial charge < -0.3 is 4.74 Å². The molecule has 1 spiro atoms. The van der Waals surface area contributed by atoms with Gasteiger partial charge in [-0.2, -0.15) is 0 Å². The lowest BCUT2D eigenvalue weighted by atomic mass is 10.0. The maximum atomic E-state index is 14.5. The zero-order chi connectivity index (χ0) is 16.5. The highest BCUT2D eigenvalue weighted by atomic mass is 19.1. The second-order valence-corrected chi connectivity index (χ2v) is 5.72. The first-order valence-electron chi connectivity index (χ1n) is 7.38. The molecule has 1 aromatic carbocycles. The van der Waals surface area contributed by atoms with Crippen LogP contribution in [0.25, 0.3) is 11.3 Å². The number of pyridine rings is 2. The van der Waals surface area contributed by atoms with E-state index in [1.165, 1.54) is 6.07 Å². The Balaban J connectivity index is 1.98. The van der Waals surface area contributed by atoms with Gasteiger partial charge in [-0.05, 0) is 18.2 Å². The van der Waals surface area contributed by atoms with Crippen LogP contribution in [0.4, 0.5) is 8.78 Å². The Morgan fingerprint density at radius 3 is 2.33 bits per heavy atom. The molecule has 116 valence electrons. The van der Waals surface area contributed by atoms with Crippen LogP contribution in [-0.4, -0.2) is 5.97 Å². The SMILES string of the molecule is O=C1OC2(c3cc(F)cc(F)c3-c3cccc[n+]32)[n+]2ccccc21. The van der Waals surface area contributed by atoms with E-state index in [0.29, 0.717) is 11.4 Å². The lowest BCUT2D eigenvalue weighted by Crippen LogP contribution is -2.71. The fourth-order valence-corrected chi connectivity index (χ4v) is 3.59. The van der Waals surface area contributed by atoms with Crippen molar-refractivity contribution in [1.29, 1.82) is 0 Å². The lowest BCUT2D eigenvalue weighted by molar-refractivity contribution is -1.00. The van der Waals surface area contributed by atoms with Gasteiger partial charge in [-0.15, -0.1) is 0 Å². The van der Waals surface area contributed by atoms with Crippen LogP contribution < -0.4 is 9.13 Å². The predicted octanol–water partition coefficient (Wildman–Crippen LogP) is 1.90. The number of rotatable bonds is 0. The summed E-state index contributed by atoms with van der Waals surface area (Å²) in [6.07, 6.45) is 3.36. The minimum Gasteiger partial charge on any atom is -0.331 e. The number of nitrogens with zero attached hydrogens (tertiary/aromatic N) is 2. The zero-order valence-electron chi connectivity index (χ0n) is 12.2. The van der Waals surface area contributed by atoms with E-state index in [1.807, 2.05) is 0 Å². The summed E-state index contributed by atoms with van der Waals surface area (Å²) in [6.45, 7) is 0. The Hall–Kier alpha value is -3.15. The molecule has 2 aromatic heterocycles. The Kier molecular flexibility index (Phi) is 2.34. The quantitative estimate of drug-likeness (QED) is 0.467. The fraction of sp³-hybridized carbons (Fsp3) is 0.0556. The van der Waals surface area contributed by atoms with Crippen molar-refractivity contribution in [3.8, 4) is 11.3 Å². The third-order valence-electron chi connectivity index (χ3n) is 4.48. The predicted molar refractivity (Wildman–Crippen MR) is 76.5 cm³/mol. The van der Waals surface area contributed by atoms with Crippen LogP contribution in [0, 0.1) is 11.6 Å².